The van der Waals surface area contributed by atoms with E-state index >= 15 is 0 Å². The lowest BCUT2D eigenvalue weighted by Gasteiger charge is -2.18. The van der Waals surface area contributed by atoms with E-state index < -0.39 is 0 Å². The molecule has 1 N–H and O–H groups in total. The second-order valence-electron chi connectivity index (χ2n) is 6.03. The highest BCUT2D eigenvalue weighted by Gasteiger charge is 2.36. The van der Waals surface area contributed by atoms with Gasteiger partial charge in [-0.05, 0) is 42.7 Å². The Morgan fingerprint density at radius 1 is 1.29 bits per heavy atom. The first-order chi connectivity index (χ1) is 10.0. The number of rotatable bonds is 5. The number of nitrogens with zero attached hydrogens (tertiary/aromatic N) is 1. The van der Waals surface area contributed by atoms with E-state index in [1.807, 2.05) is 14.1 Å². The number of anilines is 2. The van der Waals surface area contributed by atoms with Crippen LogP contribution in [-0.2, 0) is 6.54 Å². The van der Waals surface area contributed by atoms with Crippen molar-refractivity contribution < 1.29 is 4.42 Å². The van der Waals surface area contributed by atoms with Gasteiger partial charge in [-0.25, -0.2) is 0 Å². The predicted octanol–water partition coefficient (Wildman–Crippen LogP) is 4.84. The fourth-order valence-electron chi connectivity index (χ4n) is 2.63. The van der Waals surface area contributed by atoms with Crippen molar-refractivity contribution in [3.8, 4) is 0 Å². The van der Waals surface area contributed by atoms with Crippen LogP contribution in [0.4, 0.5) is 11.4 Å². The van der Waals surface area contributed by atoms with Gasteiger partial charge in [0.15, 0.2) is 0 Å². The lowest BCUT2D eigenvalue weighted by molar-refractivity contribution is 0.468. The van der Waals surface area contributed by atoms with Crippen molar-refractivity contribution in [2.24, 2.45) is 5.92 Å². The Kier molecular flexibility index (Phi) is 3.98. The van der Waals surface area contributed by atoms with Crippen LogP contribution in [-0.4, -0.2) is 14.1 Å². The monoisotopic (exact) mass is 348 g/mol. The predicted molar refractivity (Wildman–Crippen MR) is 91.0 cm³/mol. The molecule has 1 aromatic carbocycles. The van der Waals surface area contributed by atoms with E-state index in [-0.39, 0.29) is 0 Å². The summed E-state index contributed by atoms with van der Waals surface area (Å²) in [6, 6.07) is 10.5. The lowest BCUT2D eigenvalue weighted by Crippen LogP contribution is -2.12. The van der Waals surface area contributed by atoms with Crippen molar-refractivity contribution in [3.63, 3.8) is 0 Å². The summed E-state index contributed by atoms with van der Waals surface area (Å²) in [7, 11) is 4.10. The Hall–Kier alpha value is -1.42. The van der Waals surface area contributed by atoms with Gasteiger partial charge in [-0.1, -0.05) is 22.9 Å². The molecule has 1 heterocycles. The highest BCUT2D eigenvalue weighted by atomic mass is 79.9. The second kappa shape index (κ2) is 5.76. The summed E-state index contributed by atoms with van der Waals surface area (Å²) in [6.45, 7) is 2.98. The number of furan rings is 1. The summed E-state index contributed by atoms with van der Waals surface area (Å²) in [5, 5.41) is 3.47. The number of halogens is 1. The van der Waals surface area contributed by atoms with Gasteiger partial charge in [-0.3, -0.25) is 0 Å². The normalized spacial score (nSPS) is 20.4. The molecule has 2 aromatic rings. The molecule has 0 amide bonds. The van der Waals surface area contributed by atoms with Crippen molar-refractivity contribution in [2.45, 2.75) is 25.8 Å². The lowest BCUT2D eigenvalue weighted by atomic mass is 10.2. The summed E-state index contributed by atoms with van der Waals surface area (Å²) < 4.78 is 7.01. The topological polar surface area (TPSA) is 28.4 Å². The van der Waals surface area contributed by atoms with Gasteiger partial charge >= 0.3 is 0 Å². The molecule has 0 aliphatic heterocycles. The third-order valence-electron chi connectivity index (χ3n) is 4.05. The van der Waals surface area contributed by atoms with Gasteiger partial charge in [0.25, 0.3) is 0 Å². The molecule has 0 radical (unpaired) electrons. The van der Waals surface area contributed by atoms with Gasteiger partial charge < -0.3 is 14.6 Å². The summed E-state index contributed by atoms with van der Waals surface area (Å²) >= 11 is 3.53. The number of benzene rings is 1. The van der Waals surface area contributed by atoms with Crippen LogP contribution in [0.25, 0.3) is 0 Å². The van der Waals surface area contributed by atoms with Gasteiger partial charge in [0.05, 0.1) is 17.9 Å². The minimum atomic E-state index is 0.641. The third-order valence-corrected chi connectivity index (χ3v) is 4.54. The molecule has 1 fully saturated rings. The Balaban J connectivity index is 1.69. The van der Waals surface area contributed by atoms with E-state index in [9.17, 15) is 0 Å². The van der Waals surface area contributed by atoms with Crippen molar-refractivity contribution in [2.75, 3.05) is 24.3 Å². The standard InChI is InChI=1S/C17H21BrN2O/c1-11-8-14(11)17-7-5-13(21-17)10-19-15-9-12(18)4-6-16(15)20(2)3/h4-7,9,11,14,19H,8,10H2,1-3H3. The van der Waals surface area contributed by atoms with Gasteiger partial charge in [0, 0.05) is 24.5 Å². The summed E-state index contributed by atoms with van der Waals surface area (Å²) in [5.74, 6) is 3.56. The highest BCUT2D eigenvalue weighted by Crippen LogP contribution is 2.47. The molecule has 0 bridgehead atoms. The minimum absolute atomic E-state index is 0.641. The molecule has 112 valence electrons. The van der Waals surface area contributed by atoms with Crippen molar-refractivity contribution >= 4 is 27.3 Å². The zero-order valence-corrected chi connectivity index (χ0v) is 14.3. The molecule has 3 rings (SSSR count). The van der Waals surface area contributed by atoms with Crippen LogP contribution in [0.3, 0.4) is 0 Å². The zero-order chi connectivity index (χ0) is 15.0. The number of hydrogen-bond acceptors (Lipinski definition) is 3. The largest absolute Gasteiger partial charge is 0.464 e. The van der Waals surface area contributed by atoms with Gasteiger partial charge in [-0.2, -0.15) is 0 Å². The van der Waals surface area contributed by atoms with Crippen molar-refractivity contribution in [1.82, 2.24) is 0 Å². The summed E-state index contributed by atoms with van der Waals surface area (Å²) in [6.07, 6.45) is 1.26. The Bertz CT molecular complexity index is 635. The highest BCUT2D eigenvalue weighted by molar-refractivity contribution is 9.10. The average molecular weight is 349 g/mol. The first-order valence-electron chi connectivity index (χ1n) is 7.34. The van der Waals surface area contributed by atoms with E-state index in [2.05, 4.69) is 63.4 Å². The Labute approximate surface area is 134 Å². The smallest absolute Gasteiger partial charge is 0.123 e. The van der Waals surface area contributed by atoms with E-state index in [1.165, 1.54) is 12.1 Å². The van der Waals surface area contributed by atoms with Crippen LogP contribution in [0.1, 0.15) is 30.8 Å². The van der Waals surface area contributed by atoms with Crippen molar-refractivity contribution in [3.05, 3.63) is 46.3 Å². The SMILES string of the molecule is CC1CC1c1ccc(CNc2cc(Br)ccc2N(C)C)o1. The van der Waals surface area contributed by atoms with Gasteiger partial charge in [0.2, 0.25) is 0 Å². The molecule has 0 spiro atoms. The Morgan fingerprint density at radius 2 is 2.05 bits per heavy atom. The number of hydrogen-bond donors (Lipinski definition) is 1. The molecule has 1 aliphatic rings. The molecule has 4 heteroatoms. The minimum Gasteiger partial charge on any atom is -0.464 e. The van der Waals surface area contributed by atoms with Crippen LogP contribution in [0.5, 0.6) is 0 Å². The van der Waals surface area contributed by atoms with E-state index in [1.54, 1.807) is 0 Å². The molecular weight excluding hydrogens is 328 g/mol. The van der Waals surface area contributed by atoms with E-state index in [4.69, 9.17) is 4.42 Å². The van der Waals surface area contributed by atoms with Crippen LogP contribution in [0.15, 0.2) is 39.2 Å². The average Bonchev–Trinajstić information content (AvgIpc) is 2.99. The maximum atomic E-state index is 5.94. The molecule has 1 saturated carbocycles. The summed E-state index contributed by atoms with van der Waals surface area (Å²) in [5.41, 5.74) is 2.27. The third kappa shape index (κ3) is 3.26. The molecule has 2 unspecified atom stereocenters. The molecule has 1 aliphatic carbocycles. The van der Waals surface area contributed by atoms with Crippen LogP contribution in [0.2, 0.25) is 0 Å². The fraction of sp³-hybridized carbons (Fsp3) is 0.412. The fourth-order valence-corrected chi connectivity index (χ4v) is 2.99. The van der Waals surface area contributed by atoms with Crippen molar-refractivity contribution in [1.29, 1.82) is 0 Å². The second-order valence-corrected chi connectivity index (χ2v) is 6.95. The molecule has 1 aromatic heterocycles. The van der Waals surface area contributed by atoms with Gasteiger partial charge in [0.1, 0.15) is 11.5 Å². The molecule has 0 saturated heterocycles. The van der Waals surface area contributed by atoms with Crippen LogP contribution >= 0.6 is 15.9 Å². The van der Waals surface area contributed by atoms with Crippen LogP contribution < -0.4 is 10.2 Å². The quantitative estimate of drug-likeness (QED) is 0.837. The van der Waals surface area contributed by atoms with E-state index in [0.717, 1.165) is 27.6 Å². The first-order valence-corrected chi connectivity index (χ1v) is 8.13. The first kappa shape index (κ1) is 14.5. The molecular formula is C17H21BrN2O. The van der Waals surface area contributed by atoms with Gasteiger partial charge in [-0.15, -0.1) is 0 Å². The summed E-state index contributed by atoms with van der Waals surface area (Å²) in [4.78, 5) is 2.11. The molecule has 2 atom stereocenters. The Morgan fingerprint density at radius 3 is 2.71 bits per heavy atom. The number of nitrogens with one attached hydrogen (secondary N) is 1. The van der Waals surface area contributed by atoms with Crippen LogP contribution in [0, 0.1) is 5.92 Å². The zero-order valence-electron chi connectivity index (χ0n) is 12.7. The molecule has 21 heavy (non-hydrogen) atoms. The molecule has 3 nitrogen and oxygen atoms in total. The maximum Gasteiger partial charge on any atom is 0.123 e. The maximum absolute atomic E-state index is 5.94. The van der Waals surface area contributed by atoms with E-state index in [0.29, 0.717) is 12.5 Å².